The zero-order valence-corrected chi connectivity index (χ0v) is 17.2. The van der Waals surface area contributed by atoms with Crippen LogP contribution < -0.4 is 31.7 Å². The van der Waals surface area contributed by atoms with Gasteiger partial charge >= 0.3 is 0 Å². The number of nitrogens with zero attached hydrogens (tertiary/aromatic N) is 4. The van der Waals surface area contributed by atoms with Gasteiger partial charge in [-0.2, -0.15) is 21.0 Å². The van der Waals surface area contributed by atoms with Crippen molar-refractivity contribution in [1.29, 1.82) is 21.0 Å². The Kier molecular flexibility index (Phi) is 5.52. The second-order valence-corrected chi connectivity index (χ2v) is 7.40. The van der Waals surface area contributed by atoms with E-state index in [9.17, 15) is 30.6 Å². The summed E-state index contributed by atoms with van der Waals surface area (Å²) < 4.78 is 0. The first kappa shape index (κ1) is 21.2. The fourth-order valence-corrected chi connectivity index (χ4v) is 3.90. The summed E-state index contributed by atoms with van der Waals surface area (Å²) in [6.45, 7) is 5.58. The topological polar surface area (TPSA) is 129 Å². The lowest BCUT2D eigenvalue weighted by Gasteiger charge is -1.94. The van der Waals surface area contributed by atoms with Gasteiger partial charge in [-0.05, 0) is 35.2 Å². The highest BCUT2D eigenvalue weighted by Crippen LogP contribution is 2.14. The second kappa shape index (κ2) is 8.08. The van der Waals surface area contributed by atoms with Gasteiger partial charge in [0.05, 0.1) is 0 Å². The van der Waals surface area contributed by atoms with E-state index in [0.717, 1.165) is 0 Å². The number of nitriles is 4. The maximum atomic E-state index is 13.2. The van der Waals surface area contributed by atoms with Gasteiger partial charge in [-0.15, -0.1) is 0 Å². The van der Waals surface area contributed by atoms with Crippen LogP contribution in [0.3, 0.4) is 0 Å². The van der Waals surface area contributed by atoms with Crippen LogP contribution in [0.4, 0.5) is 0 Å². The molecule has 3 aromatic rings. The molecule has 3 rings (SSSR count). The van der Waals surface area contributed by atoms with E-state index in [2.05, 4.69) is 0 Å². The fraction of sp³-hybridized carbons (Fsp3) is 0.200. The monoisotopic (exact) mass is 404 g/mol. The Morgan fingerprint density at radius 2 is 1.23 bits per heavy atom. The van der Waals surface area contributed by atoms with Crippen molar-refractivity contribution in [3.05, 3.63) is 53.5 Å². The number of hydrogen-bond acceptors (Lipinski definition) is 6. The molecule has 0 aliphatic heterocycles. The van der Waals surface area contributed by atoms with Gasteiger partial charge < -0.3 is 0 Å². The maximum Gasteiger partial charge on any atom is 0.194 e. The first-order chi connectivity index (χ1) is 14.8. The summed E-state index contributed by atoms with van der Waals surface area (Å²) >= 11 is 0. The van der Waals surface area contributed by atoms with E-state index in [1.165, 1.54) is 12.1 Å². The van der Waals surface area contributed by atoms with Crippen LogP contribution in [-0.4, -0.2) is 0 Å². The van der Waals surface area contributed by atoms with Crippen molar-refractivity contribution in [2.75, 3.05) is 0 Å². The van der Waals surface area contributed by atoms with Gasteiger partial charge in [0.1, 0.15) is 35.4 Å². The molecule has 3 aromatic carbocycles. The first-order valence-corrected chi connectivity index (χ1v) is 9.64. The van der Waals surface area contributed by atoms with Gasteiger partial charge in [0.25, 0.3) is 0 Å². The quantitative estimate of drug-likeness (QED) is 0.615. The fourth-order valence-electron chi connectivity index (χ4n) is 3.90. The Hall–Kier alpha value is -4.52. The van der Waals surface area contributed by atoms with E-state index in [4.69, 9.17) is 0 Å². The molecule has 0 N–H and O–H groups in total. The molecule has 31 heavy (non-hydrogen) atoms. The molecule has 0 aromatic heterocycles. The largest absolute Gasteiger partial charge is 0.289 e. The summed E-state index contributed by atoms with van der Waals surface area (Å²) in [7, 11) is 0. The number of hydrogen-bond donors (Lipinski definition) is 0. The summed E-state index contributed by atoms with van der Waals surface area (Å²) in [6, 6.07) is 10.4. The molecule has 0 saturated heterocycles. The minimum Gasteiger partial charge on any atom is -0.289 e. The summed E-state index contributed by atoms with van der Waals surface area (Å²) in [6.07, 6.45) is 3.85. The van der Waals surface area contributed by atoms with Crippen LogP contribution in [0.15, 0.2) is 21.7 Å². The summed E-state index contributed by atoms with van der Waals surface area (Å²) in [5, 5.41) is 39.9. The smallest absolute Gasteiger partial charge is 0.194 e. The van der Waals surface area contributed by atoms with Crippen LogP contribution in [0.5, 0.6) is 0 Å². The van der Waals surface area contributed by atoms with Gasteiger partial charge in [0, 0.05) is 31.6 Å². The van der Waals surface area contributed by atoms with Crippen LogP contribution in [0.1, 0.15) is 27.2 Å². The van der Waals surface area contributed by atoms with Gasteiger partial charge in [0.15, 0.2) is 10.9 Å². The molecule has 0 fully saturated rings. The molecule has 0 aliphatic carbocycles. The predicted octanol–water partition coefficient (Wildman–Crippen LogP) is 0.612. The Morgan fingerprint density at radius 1 is 0.806 bits per heavy atom. The molecule has 0 saturated carbocycles. The average Bonchev–Trinajstić information content (AvgIpc) is 3.16. The number of benzene rings is 1. The van der Waals surface area contributed by atoms with Crippen molar-refractivity contribution < 1.29 is 0 Å². The van der Waals surface area contributed by atoms with Crippen molar-refractivity contribution in [1.82, 2.24) is 0 Å². The summed E-state index contributed by atoms with van der Waals surface area (Å²) in [5.74, 6) is -0.0197. The highest BCUT2D eigenvalue weighted by atomic mass is 16.1. The van der Waals surface area contributed by atoms with E-state index in [1.54, 1.807) is 12.2 Å². The molecule has 0 amide bonds. The van der Waals surface area contributed by atoms with Crippen molar-refractivity contribution in [3.8, 4) is 24.3 Å². The molecule has 0 heterocycles. The lowest BCUT2D eigenvalue weighted by atomic mass is 10.1. The SMILES string of the molecule is CC/C=c1/c(=O)c2cc3c(=C(C#N)C#N)/c(=C\C(C)C)c(=O)c3cc2c1=C(C#N)C#N. The Labute approximate surface area is 177 Å². The van der Waals surface area contributed by atoms with E-state index >= 15 is 0 Å². The molecule has 0 bridgehead atoms. The van der Waals surface area contributed by atoms with Crippen molar-refractivity contribution >= 4 is 44.8 Å². The predicted molar refractivity (Wildman–Crippen MR) is 118 cm³/mol. The van der Waals surface area contributed by atoms with Crippen LogP contribution in [-0.2, 0) is 0 Å². The Bertz CT molecular complexity index is 1740. The van der Waals surface area contributed by atoms with E-state index < -0.39 is 0 Å². The van der Waals surface area contributed by atoms with E-state index in [0.29, 0.717) is 17.2 Å². The Balaban J connectivity index is 2.87. The summed E-state index contributed by atoms with van der Waals surface area (Å²) in [4.78, 5) is 26.3. The molecule has 148 valence electrons. The molecular weight excluding hydrogens is 388 g/mol. The van der Waals surface area contributed by atoms with Gasteiger partial charge in [-0.3, -0.25) is 9.59 Å². The molecule has 0 radical (unpaired) electrons. The zero-order chi connectivity index (χ0) is 22.9. The molecule has 0 unspecified atom stereocenters. The normalized spacial score (nSPS) is 12.0. The standard InChI is InChI=1S/C25H16N4O2/c1-4-5-16-22(14(9-26)10-27)17-7-20-18(8-19(17)24(16)30)23(15(11-28)12-29)21(25(20)31)6-13(2)3/h5-8,13H,4H2,1-3H3/b16-5+,21-6+. The van der Waals surface area contributed by atoms with Crippen molar-refractivity contribution in [2.24, 2.45) is 5.92 Å². The highest BCUT2D eigenvalue weighted by Gasteiger charge is 2.17. The third-order valence-electron chi connectivity index (χ3n) is 5.07. The molecule has 0 spiro atoms. The number of fused-ring (bicyclic) bond motifs is 2. The minimum atomic E-state index is -0.361. The van der Waals surface area contributed by atoms with Crippen molar-refractivity contribution in [3.63, 3.8) is 0 Å². The third-order valence-corrected chi connectivity index (χ3v) is 5.07. The van der Waals surface area contributed by atoms with E-state index in [1.807, 2.05) is 45.0 Å². The number of rotatable bonds is 2. The van der Waals surface area contributed by atoms with Crippen LogP contribution >= 0.6 is 0 Å². The van der Waals surface area contributed by atoms with Gasteiger partial charge in [-0.25, -0.2) is 0 Å². The van der Waals surface area contributed by atoms with Crippen LogP contribution in [0, 0.1) is 51.2 Å². The van der Waals surface area contributed by atoms with Gasteiger partial charge in [-0.1, -0.05) is 32.9 Å². The maximum absolute atomic E-state index is 13.2. The molecule has 0 atom stereocenters. The highest BCUT2D eigenvalue weighted by molar-refractivity contribution is 6.03. The average molecular weight is 404 g/mol. The molecular formula is C25H16N4O2. The Morgan fingerprint density at radius 3 is 1.61 bits per heavy atom. The minimum absolute atomic E-state index is 0.0197. The lowest BCUT2D eigenvalue weighted by Crippen LogP contribution is -2.34. The molecule has 0 aliphatic rings. The van der Waals surface area contributed by atoms with E-state index in [-0.39, 0.29) is 59.6 Å². The van der Waals surface area contributed by atoms with Crippen LogP contribution in [0.2, 0.25) is 0 Å². The summed E-state index contributed by atoms with van der Waals surface area (Å²) in [5.41, 5.74) is -1.14. The molecule has 6 nitrogen and oxygen atoms in total. The molecule has 6 heteroatoms. The first-order valence-electron chi connectivity index (χ1n) is 9.64. The third kappa shape index (κ3) is 3.18. The second-order valence-electron chi connectivity index (χ2n) is 7.40. The van der Waals surface area contributed by atoms with Crippen molar-refractivity contribution in [2.45, 2.75) is 27.2 Å². The van der Waals surface area contributed by atoms with Crippen LogP contribution in [0.25, 0.3) is 44.8 Å². The lowest BCUT2D eigenvalue weighted by molar-refractivity contribution is 0.880. The zero-order valence-electron chi connectivity index (χ0n) is 17.2. The van der Waals surface area contributed by atoms with Gasteiger partial charge in [0.2, 0.25) is 0 Å².